The van der Waals surface area contributed by atoms with Crippen molar-refractivity contribution in [3.8, 4) is 5.69 Å². The zero-order valence-corrected chi connectivity index (χ0v) is 8.65. The summed E-state index contributed by atoms with van der Waals surface area (Å²) >= 11 is 0. The monoisotopic (exact) mass is 187 g/mol. The molecule has 0 aliphatic heterocycles. The molecule has 0 aliphatic carbocycles. The zero-order chi connectivity index (χ0) is 10.1. The summed E-state index contributed by atoms with van der Waals surface area (Å²) in [6, 6.07) is 4.28. The van der Waals surface area contributed by atoms with Gasteiger partial charge in [0.15, 0.2) is 0 Å². The van der Waals surface area contributed by atoms with Gasteiger partial charge in [-0.05, 0) is 43.5 Å². The highest BCUT2D eigenvalue weighted by molar-refractivity contribution is 5.44. The molecule has 0 spiro atoms. The van der Waals surface area contributed by atoms with Gasteiger partial charge in [-0.2, -0.15) is 15.0 Å². The van der Waals surface area contributed by atoms with Crippen LogP contribution in [0.3, 0.4) is 0 Å². The van der Waals surface area contributed by atoms with Crippen LogP contribution in [0.25, 0.3) is 5.69 Å². The normalized spacial score (nSPS) is 10.5. The zero-order valence-electron chi connectivity index (χ0n) is 8.65. The van der Waals surface area contributed by atoms with E-state index in [2.05, 4.69) is 43.1 Å². The molecule has 0 bridgehead atoms. The van der Waals surface area contributed by atoms with E-state index in [0.717, 1.165) is 5.69 Å². The first-order valence-corrected chi connectivity index (χ1v) is 4.63. The summed E-state index contributed by atoms with van der Waals surface area (Å²) in [5.74, 6) is 0. The quantitative estimate of drug-likeness (QED) is 0.685. The molecule has 1 aromatic carbocycles. The molecule has 3 heteroatoms. The van der Waals surface area contributed by atoms with Crippen LogP contribution in [-0.2, 0) is 0 Å². The summed E-state index contributed by atoms with van der Waals surface area (Å²) < 4.78 is 0. The van der Waals surface area contributed by atoms with Crippen LogP contribution in [0.5, 0.6) is 0 Å². The third-order valence-corrected chi connectivity index (χ3v) is 2.45. The van der Waals surface area contributed by atoms with Crippen molar-refractivity contribution < 1.29 is 0 Å². The molecule has 0 N–H and O–H groups in total. The van der Waals surface area contributed by atoms with E-state index in [1.165, 1.54) is 16.7 Å². The average molecular weight is 187 g/mol. The first kappa shape index (κ1) is 8.94. The molecule has 1 aromatic heterocycles. The van der Waals surface area contributed by atoms with Crippen LogP contribution in [0.15, 0.2) is 24.5 Å². The van der Waals surface area contributed by atoms with Gasteiger partial charge in [0.1, 0.15) is 0 Å². The first-order chi connectivity index (χ1) is 6.68. The largest absolute Gasteiger partial charge is 0.157 e. The Labute approximate surface area is 83.4 Å². The van der Waals surface area contributed by atoms with Gasteiger partial charge >= 0.3 is 0 Å². The SMILES string of the molecule is Cc1cc(C)c(-n2nccn2)cc1C. The highest BCUT2D eigenvalue weighted by Crippen LogP contribution is 2.17. The van der Waals surface area contributed by atoms with Crippen molar-refractivity contribution in [2.45, 2.75) is 20.8 Å². The fraction of sp³-hybridized carbons (Fsp3) is 0.273. The summed E-state index contributed by atoms with van der Waals surface area (Å²) in [4.78, 5) is 1.65. The van der Waals surface area contributed by atoms with E-state index < -0.39 is 0 Å². The second-order valence-corrected chi connectivity index (χ2v) is 3.54. The number of hydrogen-bond acceptors (Lipinski definition) is 2. The Kier molecular flexibility index (Phi) is 2.08. The van der Waals surface area contributed by atoms with Crippen LogP contribution >= 0.6 is 0 Å². The van der Waals surface area contributed by atoms with E-state index in [1.807, 2.05) is 0 Å². The van der Waals surface area contributed by atoms with E-state index in [-0.39, 0.29) is 0 Å². The third-order valence-electron chi connectivity index (χ3n) is 2.45. The Morgan fingerprint density at radius 3 is 2.07 bits per heavy atom. The van der Waals surface area contributed by atoms with Crippen molar-refractivity contribution in [2.75, 3.05) is 0 Å². The van der Waals surface area contributed by atoms with Crippen LogP contribution < -0.4 is 0 Å². The van der Waals surface area contributed by atoms with Gasteiger partial charge in [-0.15, -0.1) is 0 Å². The summed E-state index contributed by atoms with van der Waals surface area (Å²) in [6.45, 7) is 6.29. The predicted molar refractivity (Wildman–Crippen MR) is 55.6 cm³/mol. The molecular formula is C11H13N3. The number of hydrogen-bond donors (Lipinski definition) is 0. The van der Waals surface area contributed by atoms with Crippen LogP contribution in [0.4, 0.5) is 0 Å². The Balaban J connectivity index is 2.60. The van der Waals surface area contributed by atoms with Crippen molar-refractivity contribution in [1.29, 1.82) is 0 Å². The van der Waals surface area contributed by atoms with Crippen LogP contribution in [0, 0.1) is 20.8 Å². The lowest BCUT2D eigenvalue weighted by molar-refractivity contribution is 0.746. The minimum absolute atomic E-state index is 1.05. The number of nitrogens with zero attached hydrogens (tertiary/aromatic N) is 3. The molecule has 0 saturated carbocycles. The number of rotatable bonds is 1. The van der Waals surface area contributed by atoms with Crippen LogP contribution in [0.1, 0.15) is 16.7 Å². The lowest BCUT2D eigenvalue weighted by atomic mass is 10.1. The molecule has 0 fully saturated rings. The number of benzene rings is 1. The lowest BCUT2D eigenvalue weighted by Gasteiger charge is -2.08. The van der Waals surface area contributed by atoms with Crippen molar-refractivity contribution in [3.63, 3.8) is 0 Å². The maximum Gasteiger partial charge on any atom is 0.0888 e. The summed E-state index contributed by atoms with van der Waals surface area (Å²) in [5.41, 5.74) is 4.82. The van der Waals surface area contributed by atoms with Gasteiger partial charge in [0.2, 0.25) is 0 Å². The molecule has 3 nitrogen and oxygen atoms in total. The fourth-order valence-corrected chi connectivity index (χ4v) is 1.50. The van der Waals surface area contributed by atoms with Gasteiger partial charge in [-0.1, -0.05) is 6.07 Å². The van der Waals surface area contributed by atoms with Crippen molar-refractivity contribution in [3.05, 3.63) is 41.2 Å². The van der Waals surface area contributed by atoms with Crippen molar-refractivity contribution >= 4 is 0 Å². The maximum absolute atomic E-state index is 4.12. The van der Waals surface area contributed by atoms with E-state index in [9.17, 15) is 0 Å². The summed E-state index contributed by atoms with van der Waals surface area (Å²) in [5, 5.41) is 8.25. The Bertz CT molecular complexity index is 444. The second-order valence-electron chi connectivity index (χ2n) is 3.54. The van der Waals surface area contributed by atoms with E-state index >= 15 is 0 Å². The minimum atomic E-state index is 1.05. The van der Waals surface area contributed by atoms with Gasteiger partial charge < -0.3 is 0 Å². The molecule has 2 aromatic rings. The molecule has 0 radical (unpaired) electrons. The van der Waals surface area contributed by atoms with Gasteiger partial charge in [-0.25, -0.2) is 0 Å². The summed E-state index contributed by atoms with van der Waals surface area (Å²) in [6.07, 6.45) is 3.38. The maximum atomic E-state index is 4.12. The molecule has 0 unspecified atom stereocenters. The fourth-order valence-electron chi connectivity index (χ4n) is 1.50. The second kappa shape index (κ2) is 3.25. The smallest absolute Gasteiger partial charge is 0.0888 e. The number of aryl methyl sites for hydroxylation is 3. The highest BCUT2D eigenvalue weighted by atomic mass is 15.5. The Hall–Kier alpha value is -1.64. The molecule has 14 heavy (non-hydrogen) atoms. The van der Waals surface area contributed by atoms with Gasteiger partial charge in [0.25, 0.3) is 0 Å². The molecule has 0 atom stereocenters. The molecule has 72 valence electrons. The molecule has 0 saturated heterocycles. The van der Waals surface area contributed by atoms with E-state index in [4.69, 9.17) is 0 Å². The van der Waals surface area contributed by atoms with Gasteiger partial charge in [-0.3, -0.25) is 0 Å². The summed E-state index contributed by atoms with van der Waals surface area (Å²) in [7, 11) is 0. The lowest BCUT2D eigenvalue weighted by Crippen LogP contribution is -2.02. The van der Waals surface area contributed by atoms with Crippen LogP contribution in [0.2, 0.25) is 0 Å². The Morgan fingerprint density at radius 1 is 0.857 bits per heavy atom. The highest BCUT2D eigenvalue weighted by Gasteiger charge is 2.04. The topological polar surface area (TPSA) is 30.7 Å². The average Bonchev–Trinajstić information content (AvgIpc) is 2.64. The first-order valence-electron chi connectivity index (χ1n) is 4.63. The van der Waals surface area contributed by atoms with E-state index in [0.29, 0.717) is 0 Å². The van der Waals surface area contributed by atoms with Gasteiger partial charge in [0, 0.05) is 0 Å². The minimum Gasteiger partial charge on any atom is -0.157 e. The molecule has 1 heterocycles. The van der Waals surface area contributed by atoms with Crippen molar-refractivity contribution in [2.24, 2.45) is 0 Å². The standard InChI is InChI=1S/C11H13N3/c1-8-6-10(3)11(7-9(8)2)14-12-4-5-13-14/h4-7H,1-3H3. The third kappa shape index (κ3) is 1.41. The van der Waals surface area contributed by atoms with Gasteiger partial charge in [0.05, 0.1) is 18.1 Å². The Morgan fingerprint density at radius 2 is 1.43 bits per heavy atom. The molecular weight excluding hydrogens is 174 g/mol. The predicted octanol–water partition coefficient (Wildman–Crippen LogP) is 2.19. The molecule has 2 rings (SSSR count). The molecule has 0 amide bonds. The number of aromatic nitrogens is 3. The van der Waals surface area contributed by atoms with E-state index in [1.54, 1.807) is 17.2 Å². The van der Waals surface area contributed by atoms with Crippen LogP contribution in [-0.4, -0.2) is 15.0 Å². The molecule has 0 aliphatic rings. The van der Waals surface area contributed by atoms with Crippen molar-refractivity contribution in [1.82, 2.24) is 15.0 Å².